The van der Waals surface area contributed by atoms with Crippen molar-refractivity contribution < 1.29 is 30.6 Å². The summed E-state index contributed by atoms with van der Waals surface area (Å²) in [5.74, 6) is 0. The summed E-state index contributed by atoms with van der Waals surface area (Å²) >= 11 is 0. The molecule has 0 fully saturated rings. The minimum atomic E-state index is -1.67. The third-order valence-corrected chi connectivity index (χ3v) is 1.51. The van der Waals surface area contributed by atoms with Gasteiger partial charge in [-0.3, -0.25) is 0 Å². The largest absolute Gasteiger partial charge is 0.394 e. The van der Waals surface area contributed by atoms with Crippen molar-refractivity contribution in [2.45, 2.75) is 24.4 Å². The molecule has 0 unspecified atom stereocenters. The molecule has 0 rings (SSSR count). The Morgan fingerprint density at radius 2 is 0.917 bits per heavy atom. The molecule has 0 aromatic carbocycles. The highest BCUT2D eigenvalue weighted by Crippen LogP contribution is 2.03. The summed E-state index contributed by atoms with van der Waals surface area (Å²) in [6.45, 7) is -1.45. The fourth-order valence-corrected chi connectivity index (χ4v) is 0.671. The van der Waals surface area contributed by atoms with Crippen molar-refractivity contribution in [2.75, 3.05) is 13.2 Å². The molecule has 12 heavy (non-hydrogen) atoms. The lowest BCUT2D eigenvalue weighted by Gasteiger charge is -2.24. The second-order valence-corrected chi connectivity index (χ2v) is 2.48. The zero-order chi connectivity index (χ0) is 9.72. The average Bonchev–Trinajstić information content (AvgIpc) is 2.12. The minimum Gasteiger partial charge on any atom is -0.394 e. The second kappa shape index (κ2) is 5.41. The Bertz CT molecular complexity index is 105. The van der Waals surface area contributed by atoms with Gasteiger partial charge in [-0.25, -0.2) is 0 Å². The van der Waals surface area contributed by atoms with Crippen LogP contribution in [0.25, 0.3) is 0 Å². The first-order valence-corrected chi connectivity index (χ1v) is 3.48. The second-order valence-electron chi connectivity index (χ2n) is 2.48. The first kappa shape index (κ1) is 11.8. The molecule has 0 spiro atoms. The predicted molar refractivity (Wildman–Crippen MR) is 38.2 cm³/mol. The van der Waals surface area contributed by atoms with E-state index in [4.69, 9.17) is 30.6 Å². The maximum absolute atomic E-state index is 8.96. The molecule has 6 nitrogen and oxygen atoms in total. The van der Waals surface area contributed by atoms with Crippen LogP contribution in [0.5, 0.6) is 0 Å². The van der Waals surface area contributed by atoms with E-state index in [9.17, 15) is 0 Å². The van der Waals surface area contributed by atoms with E-state index in [0.717, 1.165) is 0 Å². The van der Waals surface area contributed by atoms with Crippen molar-refractivity contribution in [1.29, 1.82) is 0 Å². The molecule has 4 atom stereocenters. The maximum atomic E-state index is 8.96. The van der Waals surface area contributed by atoms with Crippen molar-refractivity contribution in [3.63, 3.8) is 0 Å². The molecular weight excluding hydrogens is 169 g/mol. The fraction of sp³-hybridized carbons (Fsp3) is 1.00. The lowest BCUT2D eigenvalue weighted by molar-refractivity contribution is -0.123. The van der Waals surface area contributed by atoms with E-state index in [1.807, 2.05) is 0 Å². The van der Waals surface area contributed by atoms with Gasteiger partial charge >= 0.3 is 0 Å². The highest BCUT2D eigenvalue weighted by molar-refractivity contribution is 4.79. The summed E-state index contributed by atoms with van der Waals surface area (Å²) in [7, 11) is 0. The molecule has 74 valence electrons. The predicted octanol–water partition coefficient (Wildman–Crippen LogP) is -3.59. The van der Waals surface area contributed by atoms with E-state index in [1.54, 1.807) is 0 Å². The molecule has 6 N–H and O–H groups in total. The lowest BCUT2D eigenvalue weighted by Crippen LogP contribution is -2.46. The van der Waals surface area contributed by atoms with E-state index >= 15 is 0 Å². The Balaban J connectivity index is 3.99. The molecule has 0 aromatic heterocycles. The maximum Gasteiger partial charge on any atom is 0.111 e. The first-order chi connectivity index (χ1) is 5.54. The summed E-state index contributed by atoms with van der Waals surface area (Å²) in [4.78, 5) is 0. The van der Waals surface area contributed by atoms with Crippen LogP contribution < -0.4 is 0 Å². The van der Waals surface area contributed by atoms with Gasteiger partial charge in [0.05, 0.1) is 13.2 Å². The molecule has 0 bridgehead atoms. The van der Waals surface area contributed by atoms with E-state index < -0.39 is 37.6 Å². The zero-order valence-corrected chi connectivity index (χ0v) is 6.41. The van der Waals surface area contributed by atoms with E-state index in [2.05, 4.69) is 0 Å². The lowest BCUT2D eigenvalue weighted by atomic mass is 10.1. The van der Waals surface area contributed by atoms with E-state index in [1.165, 1.54) is 0 Å². The van der Waals surface area contributed by atoms with Gasteiger partial charge in [0.2, 0.25) is 0 Å². The van der Waals surface area contributed by atoms with Gasteiger partial charge in [-0.15, -0.1) is 0 Å². The number of hydrogen-bond acceptors (Lipinski definition) is 6. The van der Waals surface area contributed by atoms with Crippen molar-refractivity contribution in [1.82, 2.24) is 0 Å². The summed E-state index contributed by atoms with van der Waals surface area (Å²) in [5, 5.41) is 52.2. The first-order valence-electron chi connectivity index (χ1n) is 3.48. The molecule has 0 saturated heterocycles. The van der Waals surface area contributed by atoms with Gasteiger partial charge < -0.3 is 30.6 Å². The average molecular weight is 183 g/mol. The van der Waals surface area contributed by atoms with Gasteiger partial charge in [-0.05, 0) is 0 Å². The standard InChI is InChI=1S/C6H14O6/c7-1-3(9)5(11)6(12)4(10)2-8/h3-12H,1-2H2/t3-,4-,5-,6-/m1/s1/i1+1. The Morgan fingerprint density at radius 1 is 0.667 bits per heavy atom. The highest BCUT2D eigenvalue weighted by atomic mass is 16.4. The Morgan fingerprint density at radius 3 is 1.08 bits per heavy atom. The molecule has 0 heterocycles. The smallest absolute Gasteiger partial charge is 0.111 e. The van der Waals surface area contributed by atoms with Gasteiger partial charge in [-0.1, -0.05) is 0 Å². The molecule has 0 saturated carbocycles. The van der Waals surface area contributed by atoms with Crippen LogP contribution in [0.3, 0.4) is 0 Å². The van der Waals surface area contributed by atoms with Crippen LogP contribution >= 0.6 is 0 Å². The Hall–Kier alpha value is -0.240. The van der Waals surface area contributed by atoms with Gasteiger partial charge in [0.1, 0.15) is 24.4 Å². The molecule has 0 aromatic rings. The topological polar surface area (TPSA) is 121 Å². The Kier molecular flexibility index (Phi) is 5.31. The van der Waals surface area contributed by atoms with Crippen molar-refractivity contribution >= 4 is 0 Å². The van der Waals surface area contributed by atoms with Crippen LogP contribution in [-0.4, -0.2) is 68.3 Å². The van der Waals surface area contributed by atoms with Crippen LogP contribution in [0, 0.1) is 0 Å². The molecule has 0 aliphatic rings. The molecule has 0 radical (unpaired) electrons. The highest BCUT2D eigenvalue weighted by Gasteiger charge is 2.29. The molecule has 0 aliphatic carbocycles. The van der Waals surface area contributed by atoms with Crippen molar-refractivity contribution in [3.05, 3.63) is 0 Å². The van der Waals surface area contributed by atoms with E-state index in [-0.39, 0.29) is 0 Å². The molecule has 0 aliphatic heterocycles. The molecule has 6 heteroatoms. The summed E-state index contributed by atoms with van der Waals surface area (Å²) in [6.07, 6.45) is -6.39. The SMILES string of the molecule is OC[C@@H](O)[C@@H](O)[C@H](O)[C@H](O)[13CH2]O. The number of hydrogen-bond donors (Lipinski definition) is 6. The van der Waals surface area contributed by atoms with Crippen LogP contribution in [0.4, 0.5) is 0 Å². The number of rotatable bonds is 5. The third-order valence-electron chi connectivity index (χ3n) is 1.51. The van der Waals surface area contributed by atoms with Crippen LogP contribution in [0.1, 0.15) is 0 Å². The summed E-state index contributed by atoms with van der Waals surface area (Å²) in [5.41, 5.74) is 0. The van der Waals surface area contributed by atoms with Crippen LogP contribution in [0.15, 0.2) is 0 Å². The third kappa shape index (κ3) is 3.02. The fourth-order valence-electron chi connectivity index (χ4n) is 0.671. The van der Waals surface area contributed by atoms with Gasteiger partial charge in [0.15, 0.2) is 0 Å². The van der Waals surface area contributed by atoms with Crippen LogP contribution in [-0.2, 0) is 0 Å². The number of aliphatic hydroxyl groups is 6. The monoisotopic (exact) mass is 183 g/mol. The van der Waals surface area contributed by atoms with Gasteiger partial charge in [0, 0.05) is 0 Å². The quantitative estimate of drug-likeness (QED) is 0.245. The summed E-state index contributed by atoms with van der Waals surface area (Å²) < 4.78 is 0. The normalized spacial score (nSPS) is 21.5. The van der Waals surface area contributed by atoms with E-state index in [0.29, 0.717) is 0 Å². The van der Waals surface area contributed by atoms with Crippen molar-refractivity contribution in [3.8, 4) is 0 Å². The Labute approximate surface area is 69.3 Å². The van der Waals surface area contributed by atoms with Crippen LogP contribution in [0.2, 0.25) is 0 Å². The molecular formula is C6H14O6. The summed E-state index contributed by atoms with van der Waals surface area (Å²) in [6, 6.07) is 0. The minimum absolute atomic E-state index is 0.726. The number of aliphatic hydroxyl groups excluding tert-OH is 6. The van der Waals surface area contributed by atoms with Crippen molar-refractivity contribution in [2.24, 2.45) is 0 Å². The zero-order valence-electron chi connectivity index (χ0n) is 6.41. The van der Waals surface area contributed by atoms with Gasteiger partial charge in [-0.2, -0.15) is 0 Å². The van der Waals surface area contributed by atoms with Gasteiger partial charge in [0.25, 0.3) is 0 Å². The molecule has 0 amide bonds.